The van der Waals surface area contributed by atoms with E-state index >= 15 is 0 Å². The summed E-state index contributed by atoms with van der Waals surface area (Å²) < 4.78 is 10.7. The first-order valence-corrected chi connectivity index (χ1v) is 6.83. The molecule has 0 aliphatic carbocycles. The molecular weight excluding hydrogens is 272 g/mol. The molecule has 2 rings (SSSR count). The average molecular weight is 290 g/mol. The first kappa shape index (κ1) is 15.0. The van der Waals surface area contributed by atoms with Gasteiger partial charge in [-0.25, -0.2) is 0 Å². The predicted octanol–water partition coefficient (Wildman–Crippen LogP) is 2.47. The van der Waals surface area contributed by atoms with Gasteiger partial charge in [-0.15, -0.1) is 10.2 Å². The number of aromatic nitrogens is 2. The summed E-state index contributed by atoms with van der Waals surface area (Å²) in [6.07, 6.45) is 2.71. The van der Waals surface area contributed by atoms with Crippen LogP contribution < -0.4 is 4.74 Å². The quantitative estimate of drug-likeness (QED) is 0.752. The molecule has 0 spiro atoms. The molecule has 2 aromatic rings. The summed E-state index contributed by atoms with van der Waals surface area (Å²) in [5.74, 6) is 1.15. The number of carboxylic acids is 1. The van der Waals surface area contributed by atoms with Crippen molar-refractivity contribution >= 4 is 5.97 Å². The number of carboxylic acid groups (broad SMARTS) is 1. The van der Waals surface area contributed by atoms with Crippen LogP contribution >= 0.6 is 0 Å². The molecule has 1 aromatic heterocycles. The molecule has 0 saturated heterocycles. The zero-order valence-electron chi connectivity index (χ0n) is 11.9. The van der Waals surface area contributed by atoms with Gasteiger partial charge in [0, 0.05) is 12.8 Å². The Kier molecular flexibility index (Phi) is 5.31. The number of carbonyl (C=O) groups is 1. The summed E-state index contributed by atoms with van der Waals surface area (Å²) >= 11 is 0. The zero-order chi connectivity index (χ0) is 15.1. The van der Waals surface area contributed by atoms with Gasteiger partial charge in [0.05, 0.1) is 13.5 Å². The smallest absolute Gasteiger partial charge is 0.303 e. The minimum atomic E-state index is -0.777. The van der Waals surface area contributed by atoms with Gasteiger partial charge in [0.15, 0.2) is 0 Å². The Hall–Kier alpha value is -2.37. The lowest BCUT2D eigenvalue weighted by atomic mass is 10.1. The second-order valence-electron chi connectivity index (χ2n) is 4.72. The van der Waals surface area contributed by atoms with Crippen molar-refractivity contribution in [1.82, 2.24) is 10.2 Å². The molecular formula is C15H18N2O4. The number of unbranched alkanes of at least 4 members (excludes halogenated alkanes) is 1. The highest BCUT2D eigenvalue weighted by molar-refractivity contribution is 5.66. The fraction of sp³-hybridized carbons (Fsp3) is 0.400. The number of benzene rings is 1. The third-order valence-corrected chi connectivity index (χ3v) is 3.05. The van der Waals surface area contributed by atoms with Crippen LogP contribution in [-0.2, 0) is 17.6 Å². The van der Waals surface area contributed by atoms with E-state index in [9.17, 15) is 4.79 Å². The summed E-state index contributed by atoms with van der Waals surface area (Å²) in [7, 11) is 1.63. The fourth-order valence-electron chi connectivity index (χ4n) is 1.93. The van der Waals surface area contributed by atoms with Gasteiger partial charge in [0.2, 0.25) is 11.8 Å². The van der Waals surface area contributed by atoms with E-state index in [-0.39, 0.29) is 6.42 Å². The van der Waals surface area contributed by atoms with Crippen LogP contribution in [0.1, 0.15) is 36.6 Å². The maximum atomic E-state index is 10.4. The Morgan fingerprint density at radius 3 is 2.57 bits per heavy atom. The van der Waals surface area contributed by atoms with Gasteiger partial charge in [-0.2, -0.15) is 0 Å². The minimum Gasteiger partial charge on any atom is -0.497 e. The highest BCUT2D eigenvalue weighted by Gasteiger charge is 2.07. The molecule has 112 valence electrons. The van der Waals surface area contributed by atoms with E-state index in [4.69, 9.17) is 14.3 Å². The molecule has 0 bridgehead atoms. The summed E-state index contributed by atoms with van der Waals surface area (Å²) in [6, 6.07) is 7.68. The molecule has 0 amide bonds. The predicted molar refractivity (Wildman–Crippen MR) is 75.3 cm³/mol. The van der Waals surface area contributed by atoms with Gasteiger partial charge in [-0.3, -0.25) is 4.79 Å². The van der Waals surface area contributed by atoms with Gasteiger partial charge in [-0.05, 0) is 30.5 Å². The molecule has 0 unspecified atom stereocenters. The number of ether oxygens (including phenoxy) is 1. The van der Waals surface area contributed by atoms with Crippen molar-refractivity contribution in [3.63, 3.8) is 0 Å². The summed E-state index contributed by atoms with van der Waals surface area (Å²) in [5.41, 5.74) is 1.07. The van der Waals surface area contributed by atoms with Crippen LogP contribution in [0.2, 0.25) is 0 Å². The Bertz CT molecular complexity index is 578. The number of hydrogen-bond acceptors (Lipinski definition) is 5. The molecule has 1 heterocycles. The first-order chi connectivity index (χ1) is 10.2. The lowest BCUT2D eigenvalue weighted by molar-refractivity contribution is -0.137. The summed E-state index contributed by atoms with van der Waals surface area (Å²) in [5, 5.41) is 16.5. The van der Waals surface area contributed by atoms with Crippen LogP contribution in [0.5, 0.6) is 5.75 Å². The zero-order valence-corrected chi connectivity index (χ0v) is 11.9. The Labute approximate surface area is 122 Å². The lowest BCUT2D eigenvalue weighted by Crippen LogP contribution is -1.95. The number of aryl methyl sites for hydroxylation is 1. The fourth-order valence-corrected chi connectivity index (χ4v) is 1.93. The number of aliphatic carboxylic acids is 1. The summed E-state index contributed by atoms with van der Waals surface area (Å²) in [4.78, 5) is 10.4. The lowest BCUT2D eigenvalue weighted by Gasteiger charge is -2.00. The second-order valence-corrected chi connectivity index (χ2v) is 4.72. The van der Waals surface area contributed by atoms with Gasteiger partial charge in [0.25, 0.3) is 0 Å². The van der Waals surface area contributed by atoms with E-state index in [1.807, 2.05) is 24.3 Å². The number of nitrogens with zero attached hydrogens (tertiary/aromatic N) is 2. The van der Waals surface area contributed by atoms with Crippen LogP contribution in [0.25, 0.3) is 0 Å². The van der Waals surface area contributed by atoms with E-state index in [2.05, 4.69) is 10.2 Å². The Balaban J connectivity index is 1.83. The van der Waals surface area contributed by atoms with Crippen LogP contribution in [0, 0.1) is 0 Å². The maximum Gasteiger partial charge on any atom is 0.303 e. The van der Waals surface area contributed by atoms with Crippen LogP contribution in [0.15, 0.2) is 28.7 Å². The normalized spacial score (nSPS) is 10.5. The first-order valence-electron chi connectivity index (χ1n) is 6.83. The van der Waals surface area contributed by atoms with Crippen molar-refractivity contribution in [1.29, 1.82) is 0 Å². The molecule has 6 heteroatoms. The number of rotatable bonds is 8. The molecule has 6 nitrogen and oxygen atoms in total. The molecule has 0 saturated carbocycles. The molecule has 0 aliphatic rings. The Morgan fingerprint density at radius 2 is 1.90 bits per heavy atom. The van der Waals surface area contributed by atoms with Crippen molar-refractivity contribution in [2.45, 2.75) is 32.1 Å². The average Bonchev–Trinajstić information content (AvgIpc) is 2.92. The van der Waals surface area contributed by atoms with Gasteiger partial charge < -0.3 is 14.3 Å². The largest absolute Gasteiger partial charge is 0.497 e. The van der Waals surface area contributed by atoms with Crippen LogP contribution in [-0.4, -0.2) is 28.4 Å². The highest BCUT2D eigenvalue weighted by atomic mass is 16.5. The second kappa shape index (κ2) is 7.42. The molecule has 1 aromatic carbocycles. The van der Waals surface area contributed by atoms with Gasteiger partial charge in [0.1, 0.15) is 5.75 Å². The van der Waals surface area contributed by atoms with Crippen molar-refractivity contribution < 1.29 is 19.1 Å². The van der Waals surface area contributed by atoms with E-state index in [0.717, 1.165) is 17.7 Å². The van der Waals surface area contributed by atoms with E-state index < -0.39 is 5.97 Å². The number of methoxy groups -OCH3 is 1. The van der Waals surface area contributed by atoms with Crippen LogP contribution in [0.4, 0.5) is 0 Å². The highest BCUT2D eigenvalue weighted by Crippen LogP contribution is 2.15. The Morgan fingerprint density at radius 1 is 1.19 bits per heavy atom. The SMILES string of the molecule is COc1ccc(Cc2nnc(CCCCC(=O)O)o2)cc1. The third-order valence-electron chi connectivity index (χ3n) is 3.05. The van der Waals surface area contributed by atoms with E-state index in [0.29, 0.717) is 31.0 Å². The van der Waals surface area contributed by atoms with Crippen molar-refractivity contribution in [2.24, 2.45) is 0 Å². The molecule has 0 atom stereocenters. The topological polar surface area (TPSA) is 85.5 Å². The van der Waals surface area contributed by atoms with Crippen molar-refractivity contribution in [3.05, 3.63) is 41.6 Å². The van der Waals surface area contributed by atoms with E-state index in [1.54, 1.807) is 7.11 Å². The van der Waals surface area contributed by atoms with Crippen LogP contribution in [0.3, 0.4) is 0 Å². The van der Waals surface area contributed by atoms with Gasteiger partial charge >= 0.3 is 5.97 Å². The van der Waals surface area contributed by atoms with Gasteiger partial charge in [-0.1, -0.05) is 12.1 Å². The van der Waals surface area contributed by atoms with E-state index in [1.165, 1.54) is 0 Å². The molecule has 21 heavy (non-hydrogen) atoms. The molecule has 0 radical (unpaired) electrons. The third kappa shape index (κ3) is 4.91. The van der Waals surface area contributed by atoms with Crippen molar-refractivity contribution in [3.8, 4) is 5.75 Å². The standard InChI is InChI=1S/C15H18N2O4/c1-20-12-8-6-11(7-9-12)10-14-17-16-13(21-14)4-2-3-5-15(18)19/h6-9H,2-5,10H2,1H3,(H,18,19). The molecule has 1 N–H and O–H groups in total. The minimum absolute atomic E-state index is 0.173. The maximum absolute atomic E-state index is 10.4. The van der Waals surface area contributed by atoms with Crippen molar-refractivity contribution in [2.75, 3.05) is 7.11 Å². The monoisotopic (exact) mass is 290 g/mol. The molecule has 0 fully saturated rings. The number of hydrogen-bond donors (Lipinski definition) is 1. The molecule has 0 aliphatic heterocycles. The summed E-state index contributed by atoms with van der Waals surface area (Å²) in [6.45, 7) is 0.